The second-order valence-corrected chi connectivity index (χ2v) is 9.17. The summed E-state index contributed by atoms with van der Waals surface area (Å²) in [6, 6.07) is 9.89. The number of carbonyl (C=O) groups excluding carboxylic acids is 2. The van der Waals surface area contributed by atoms with Crippen LogP contribution in [0.3, 0.4) is 0 Å². The lowest BCUT2D eigenvalue weighted by Crippen LogP contribution is -2.42. The van der Waals surface area contributed by atoms with Crippen LogP contribution in [0, 0.1) is 11.3 Å². The van der Waals surface area contributed by atoms with Gasteiger partial charge in [-0.2, -0.15) is 5.26 Å². The van der Waals surface area contributed by atoms with Gasteiger partial charge in [0.25, 0.3) is 0 Å². The van der Waals surface area contributed by atoms with E-state index in [9.17, 15) is 14.9 Å². The monoisotopic (exact) mass is 469 g/mol. The van der Waals surface area contributed by atoms with E-state index in [1.165, 1.54) is 11.3 Å². The molecule has 4 rings (SSSR count). The standard InChI is InChI=1S/C24H27N3O5S/c1-30-17-4-2-3-16(13-17)5-8-22(28)26-23-20(15-25)19-7-6-18(14-21(19)33-23)32-24(29)27-9-11-31-12-10-27/h2-4,13,18H,5-12,14H2,1H3,(H,26,28). The van der Waals surface area contributed by atoms with Crippen molar-refractivity contribution in [3.8, 4) is 11.8 Å². The van der Waals surface area contributed by atoms with E-state index >= 15 is 0 Å². The Morgan fingerprint density at radius 1 is 1.33 bits per heavy atom. The van der Waals surface area contributed by atoms with Crippen LogP contribution in [0.5, 0.6) is 5.75 Å². The van der Waals surface area contributed by atoms with Crippen LogP contribution in [0.2, 0.25) is 0 Å². The van der Waals surface area contributed by atoms with Crippen molar-refractivity contribution in [2.75, 3.05) is 38.7 Å². The minimum absolute atomic E-state index is 0.136. The van der Waals surface area contributed by atoms with E-state index < -0.39 is 0 Å². The van der Waals surface area contributed by atoms with E-state index in [0.717, 1.165) is 21.8 Å². The molecule has 8 nitrogen and oxygen atoms in total. The first kappa shape index (κ1) is 23.1. The maximum absolute atomic E-state index is 12.6. The Morgan fingerprint density at radius 2 is 2.15 bits per heavy atom. The summed E-state index contributed by atoms with van der Waals surface area (Å²) in [6.45, 7) is 2.14. The summed E-state index contributed by atoms with van der Waals surface area (Å²) in [4.78, 5) is 27.7. The molecular formula is C24H27N3O5S. The van der Waals surface area contributed by atoms with Gasteiger partial charge in [0, 0.05) is 30.8 Å². The number of hydrogen-bond donors (Lipinski definition) is 1. The zero-order chi connectivity index (χ0) is 23.2. The molecule has 1 atom stereocenters. The average Bonchev–Trinajstić information content (AvgIpc) is 3.19. The van der Waals surface area contributed by atoms with Crippen molar-refractivity contribution < 1.29 is 23.8 Å². The Balaban J connectivity index is 1.36. The maximum atomic E-state index is 12.6. The van der Waals surface area contributed by atoms with Gasteiger partial charge >= 0.3 is 6.09 Å². The summed E-state index contributed by atoms with van der Waals surface area (Å²) in [7, 11) is 1.61. The molecule has 2 heterocycles. The van der Waals surface area contributed by atoms with E-state index in [1.807, 2.05) is 24.3 Å². The third kappa shape index (κ3) is 5.64. The Hall–Kier alpha value is -3.09. The number of amides is 2. The number of nitrogens with one attached hydrogen (secondary N) is 1. The molecule has 2 amide bonds. The minimum Gasteiger partial charge on any atom is -0.497 e. The lowest BCUT2D eigenvalue weighted by molar-refractivity contribution is -0.116. The van der Waals surface area contributed by atoms with Crippen LogP contribution in [0.25, 0.3) is 0 Å². The topological polar surface area (TPSA) is 101 Å². The zero-order valence-electron chi connectivity index (χ0n) is 18.6. The fourth-order valence-corrected chi connectivity index (χ4v) is 5.38. The molecule has 1 aliphatic heterocycles. The van der Waals surface area contributed by atoms with Gasteiger partial charge in [0.05, 0.1) is 25.9 Å². The number of hydrogen-bond acceptors (Lipinski definition) is 7. The van der Waals surface area contributed by atoms with Gasteiger partial charge in [0.15, 0.2) is 0 Å². The molecule has 1 N–H and O–H groups in total. The Kier molecular flexibility index (Phi) is 7.47. The van der Waals surface area contributed by atoms with Crippen LogP contribution < -0.4 is 10.1 Å². The number of fused-ring (bicyclic) bond motifs is 1. The number of carbonyl (C=O) groups is 2. The van der Waals surface area contributed by atoms with Crippen LogP contribution >= 0.6 is 11.3 Å². The summed E-state index contributed by atoms with van der Waals surface area (Å²) < 4.78 is 16.2. The first-order valence-electron chi connectivity index (χ1n) is 11.1. The van der Waals surface area contributed by atoms with Crippen molar-refractivity contribution in [1.29, 1.82) is 5.26 Å². The molecule has 2 aromatic rings. The first-order chi connectivity index (χ1) is 16.1. The molecule has 0 saturated carbocycles. The smallest absolute Gasteiger partial charge is 0.410 e. The Bertz CT molecular complexity index is 1050. The predicted molar refractivity (Wildman–Crippen MR) is 124 cm³/mol. The molecule has 1 aromatic heterocycles. The van der Waals surface area contributed by atoms with Gasteiger partial charge in [-0.1, -0.05) is 12.1 Å². The molecule has 174 valence electrons. The van der Waals surface area contributed by atoms with E-state index in [1.54, 1.807) is 12.0 Å². The van der Waals surface area contributed by atoms with Gasteiger partial charge in [-0.15, -0.1) is 11.3 Å². The van der Waals surface area contributed by atoms with Crippen LogP contribution in [0.15, 0.2) is 24.3 Å². The number of thiophene rings is 1. The molecule has 1 fully saturated rings. The Labute approximate surface area is 197 Å². The minimum atomic E-state index is -0.310. The first-order valence-corrected chi connectivity index (χ1v) is 11.9. The molecular weight excluding hydrogens is 442 g/mol. The second kappa shape index (κ2) is 10.7. The highest BCUT2D eigenvalue weighted by molar-refractivity contribution is 7.16. The Morgan fingerprint density at radius 3 is 2.91 bits per heavy atom. The highest BCUT2D eigenvalue weighted by atomic mass is 32.1. The molecule has 2 aliphatic rings. The number of aryl methyl sites for hydroxylation is 1. The SMILES string of the molecule is COc1cccc(CCC(=O)Nc2sc3c(c2C#N)CCC(OC(=O)N2CCOCC2)C3)c1. The molecule has 33 heavy (non-hydrogen) atoms. The van der Waals surface area contributed by atoms with E-state index in [0.29, 0.717) is 69.0 Å². The quantitative estimate of drug-likeness (QED) is 0.695. The van der Waals surface area contributed by atoms with E-state index in [4.69, 9.17) is 14.2 Å². The fourth-order valence-electron chi connectivity index (χ4n) is 4.10. The van der Waals surface area contributed by atoms with Crippen LogP contribution in [-0.4, -0.2) is 56.4 Å². The van der Waals surface area contributed by atoms with Crippen molar-refractivity contribution in [3.05, 3.63) is 45.8 Å². The second-order valence-electron chi connectivity index (χ2n) is 8.07. The molecule has 0 radical (unpaired) electrons. The summed E-state index contributed by atoms with van der Waals surface area (Å²) in [6.07, 6.45) is 2.22. The van der Waals surface area contributed by atoms with Crippen molar-refractivity contribution in [1.82, 2.24) is 4.90 Å². The van der Waals surface area contributed by atoms with Crippen molar-refractivity contribution in [2.45, 2.75) is 38.2 Å². The summed E-state index contributed by atoms with van der Waals surface area (Å²) in [5.74, 6) is 0.623. The average molecular weight is 470 g/mol. The van der Waals surface area contributed by atoms with Gasteiger partial charge < -0.3 is 24.4 Å². The number of nitrogens with zero attached hydrogens (tertiary/aromatic N) is 2. The third-order valence-corrected chi connectivity index (χ3v) is 7.07. The van der Waals surface area contributed by atoms with Crippen LogP contribution in [0.4, 0.5) is 9.80 Å². The van der Waals surface area contributed by atoms with Gasteiger partial charge in [-0.25, -0.2) is 4.79 Å². The lowest BCUT2D eigenvalue weighted by atomic mass is 9.94. The van der Waals surface area contributed by atoms with E-state index in [2.05, 4.69) is 11.4 Å². The summed E-state index contributed by atoms with van der Waals surface area (Å²) >= 11 is 1.41. The molecule has 1 aliphatic carbocycles. The number of benzene rings is 1. The summed E-state index contributed by atoms with van der Waals surface area (Å²) in [5, 5.41) is 13.2. The largest absolute Gasteiger partial charge is 0.497 e. The number of morpholine rings is 1. The van der Waals surface area contributed by atoms with Gasteiger partial charge in [-0.05, 0) is 42.5 Å². The van der Waals surface area contributed by atoms with Crippen molar-refractivity contribution in [2.24, 2.45) is 0 Å². The summed E-state index contributed by atoms with van der Waals surface area (Å²) in [5.41, 5.74) is 2.51. The number of anilines is 1. The number of ether oxygens (including phenoxy) is 3. The van der Waals surface area contributed by atoms with Crippen molar-refractivity contribution in [3.63, 3.8) is 0 Å². The highest BCUT2D eigenvalue weighted by Gasteiger charge is 2.30. The molecule has 0 spiro atoms. The number of rotatable bonds is 6. The number of methoxy groups -OCH3 is 1. The molecule has 1 saturated heterocycles. The van der Waals surface area contributed by atoms with E-state index in [-0.39, 0.29) is 18.1 Å². The van der Waals surface area contributed by atoms with Crippen molar-refractivity contribution >= 4 is 28.3 Å². The normalized spacial score (nSPS) is 17.6. The lowest BCUT2D eigenvalue weighted by Gasteiger charge is -2.29. The van der Waals surface area contributed by atoms with Crippen LogP contribution in [0.1, 0.15) is 34.4 Å². The van der Waals surface area contributed by atoms with Gasteiger partial charge in [0.1, 0.15) is 22.9 Å². The predicted octanol–water partition coefficient (Wildman–Crippen LogP) is 3.53. The maximum Gasteiger partial charge on any atom is 0.410 e. The molecule has 9 heteroatoms. The third-order valence-electron chi connectivity index (χ3n) is 5.90. The van der Waals surface area contributed by atoms with Crippen LogP contribution in [-0.2, 0) is 33.5 Å². The van der Waals surface area contributed by atoms with Gasteiger partial charge in [-0.3, -0.25) is 4.79 Å². The molecule has 1 aromatic carbocycles. The fraction of sp³-hybridized carbons (Fsp3) is 0.458. The molecule has 1 unspecified atom stereocenters. The van der Waals surface area contributed by atoms with Gasteiger partial charge in [0.2, 0.25) is 5.91 Å². The number of nitriles is 1. The molecule has 0 bridgehead atoms. The zero-order valence-corrected chi connectivity index (χ0v) is 19.4. The highest BCUT2D eigenvalue weighted by Crippen LogP contribution is 2.38.